The molecule has 1 heterocycles. The van der Waals surface area contributed by atoms with Gasteiger partial charge in [-0.2, -0.15) is 0 Å². The van der Waals surface area contributed by atoms with E-state index < -0.39 is 29.6 Å². The predicted octanol–water partition coefficient (Wildman–Crippen LogP) is 2.87. The molecule has 136 valence electrons. The molecule has 3 rings (SSSR count). The fourth-order valence-electron chi connectivity index (χ4n) is 3.01. The summed E-state index contributed by atoms with van der Waals surface area (Å²) in [5, 5.41) is 9.23. The number of carbonyl (C=O) groups excluding carboxylic acids is 1. The van der Waals surface area contributed by atoms with Gasteiger partial charge in [0.2, 0.25) is 0 Å². The van der Waals surface area contributed by atoms with E-state index in [1.54, 1.807) is 6.92 Å². The van der Waals surface area contributed by atoms with Crippen molar-refractivity contribution in [3.63, 3.8) is 0 Å². The van der Waals surface area contributed by atoms with E-state index in [4.69, 9.17) is 4.74 Å². The van der Waals surface area contributed by atoms with Crippen molar-refractivity contribution in [1.82, 2.24) is 4.90 Å². The molecule has 2 aromatic rings. The second-order valence-electron chi connectivity index (χ2n) is 6.08. The third kappa shape index (κ3) is 3.43. The van der Waals surface area contributed by atoms with Gasteiger partial charge in [0.05, 0.1) is 13.2 Å². The number of carboxylic acid groups (broad SMARTS) is 1. The zero-order valence-corrected chi connectivity index (χ0v) is 14.0. The summed E-state index contributed by atoms with van der Waals surface area (Å²) >= 11 is 0. The minimum Gasteiger partial charge on any atom is -0.480 e. The van der Waals surface area contributed by atoms with Gasteiger partial charge in [0.25, 0.3) is 5.91 Å². The summed E-state index contributed by atoms with van der Waals surface area (Å²) < 4.78 is 32.9. The van der Waals surface area contributed by atoms with Crippen molar-refractivity contribution in [2.75, 3.05) is 19.8 Å². The van der Waals surface area contributed by atoms with E-state index in [-0.39, 0.29) is 30.9 Å². The summed E-state index contributed by atoms with van der Waals surface area (Å²) in [6.07, 6.45) is 0. The minimum atomic E-state index is -1.17. The highest BCUT2D eigenvalue weighted by Gasteiger charge is 2.33. The maximum Gasteiger partial charge on any atom is 0.328 e. The molecule has 1 amide bonds. The molecule has 1 aliphatic rings. The highest BCUT2D eigenvalue weighted by Crippen LogP contribution is 2.28. The monoisotopic (exact) mass is 361 g/mol. The number of hydrogen-bond acceptors (Lipinski definition) is 3. The van der Waals surface area contributed by atoms with Crippen molar-refractivity contribution in [1.29, 1.82) is 0 Å². The van der Waals surface area contributed by atoms with Crippen LogP contribution in [0.1, 0.15) is 15.9 Å². The Hall–Kier alpha value is -2.80. The Labute approximate surface area is 148 Å². The lowest BCUT2D eigenvalue weighted by Gasteiger charge is -2.32. The molecule has 1 unspecified atom stereocenters. The van der Waals surface area contributed by atoms with E-state index in [1.165, 1.54) is 35.2 Å². The van der Waals surface area contributed by atoms with Crippen molar-refractivity contribution in [2.45, 2.75) is 13.0 Å². The van der Waals surface area contributed by atoms with Gasteiger partial charge in [-0.3, -0.25) is 4.79 Å². The van der Waals surface area contributed by atoms with Gasteiger partial charge in [0.1, 0.15) is 11.6 Å². The van der Waals surface area contributed by atoms with Gasteiger partial charge in [-0.15, -0.1) is 0 Å². The van der Waals surface area contributed by atoms with Crippen LogP contribution in [-0.2, 0) is 9.53 Å². The van der Waals surface area contributed by atoms with Gasteiger partial charge in [0.15, 0.2) is 6.04 Å². The van der Waals surface area contributed by atoms with Crippen LogP contribution < -0.4 is 0 Å². The van der Waals surface area contributed by atoms with Crippen LogP contribution in [0.15, 0.2) is 36.4 Å². The molecule has 2 aromatic carbocycles. The molecule has 1 aliphatic heterocycles. The number of aryl methyl sites for hydroxylation is 1. The van der Waals surface area contributed by atoms with Crippen LogP contribution in [-0.4, -0.2) is 47.7 Å². The second-order valence-corrected chi connectivity index (χ2v) is 6.08. The van der Waals surface area contributed by atoms with Gasteiger partial charge in [-0.1, -0.05) is 12.1 Å². The van der Waals surface area contributed by atoms with Crippen LogP contribution in [0.5, 0.6) is 0 Å². The molecule has 1 saturated heterocycles. The van der Waals surface area contributed by atoms with Crippen LogP contribution in [0.2, 0.25) is 0 Å². The molecule has 0 aliphatic carbocycles. The number of morpholine rings is 1. The van der Waals surface area contributed by atoms with Crippen LogP contribution in [0.25, 0.3) is 11.1 Å². The first-order valence-corrected chi connectivity index (χ1v) is 8.06. The first kappa shape index (κ1) is 18.0. The van der Waals surface area contributed by atoms with Gasteiger partial charge < -0.3 is 14.7 Å². The lowest BCUT2D eigenvalue weighted by Crippen LogP contribution is -2.52. The van der Waals surface area contributed by atoms with Crippen molar-refractivity contribution in [2.24, 2.45) is 0 Å². The third-order valence-corrected chi connectivity index (χ3v) is 4.37. The fraction of sp³-hybridized carbons (Fsp3) is 0.263. The summed E-state index contributed by atoms with van der Waals surface area (Å²) in [6, 6.07) is 6.89. The van der Waals surface area contributed by atoms with Gasteiger partial charge in [-0.25, -0.2) is 13.6 Å². The Kier molecular flexibility index (Phi) is 4.99. The Morgan fingerprint density at radius 3 is 2.54 bits per heavy atom. The first-order chi connectivity index (χ1) is 12.4. The Balaban J connectivity index is 1.91. The van der Waals surface area contributed by atoms with Crippen LogP contribution in [0.4, 0.5) is 8.78 Å². The Bertz CT molecular complexity index is 869. The van der Waals surface area contributed by atoms with Gasteiger partial charge in [-0.05, 0) is 42.3 Å². The number of rotatable bonds is 3. The number of amides is 1. The molecule has 0 aromatic heterocycles. The number of carbonyl (C=O) groups is 2. The fourth-order valence-corrected chi connectivity index (χ4v) is 3.01. The number of nitrogens with zero attached hydrogens (tertiary/aromatic N) is 1. The van der Waals surface area contributed by atoms with E-state index in [2.05, 4.69) is 0 Å². The normalized spacial score (nSPS) is 17.2. The highest BCUT2D eigenvalue weighted by atomic mass is 19.1. The summed E-state index contributed by atoms with van der Waals surface area (Å²) in [6.45, 7) is 1.92. The number of benzene rings is 2. The molecule has 0 radical (unpaired) electrons. The SMILES string of the molecule is Cc1cc(F)ccc1-c1ccc(C(=O)N2CCOCC2C(=O)O)cc1F. The molecule has 1 fully saturated rings. The summed E-state index contributed by atoms with van der Waals surface area (Å²) in [7, 11) is 0. The number of hydrogen-bond donors (Lipinski definition) is 1. The van der Waals surface area contributed by atoms with Gasteiger partial charge in [0, 0.05) is 17.7 Å². The lowest BCUT2D eigenvalue weighted by atomic mass is 9.98. The number of carboxylic acids is 1. The summed E-state index contributed by atoms with van der Waals surface area (Å²) in [5.74, 6) is -2.78. The molecular formula is C19H17F2NO4. The van der Waals surface area contributed by atoms with E-state index in [0.717, 1.165) is 6.07 Å². The topological polar surface area (TPSA) is 66.8 Å². The summed E-state index contributed by atoms with van der Waals surface area (Å²) in [5.41, 5.74) is 1.40. The maximum atomic E-state index is 14.6. The molecule has 0 spiro atoms. The number of aliphatic carboxylic acids is 1. The standard InChI is InChI=1S/C19H17F2NO4/c1-11-8-13(20)3-5-14(11)15-4-2-12(9-16(15)21)18(23)22-6-7-26-10-17(22)19(24)25/h2-5,8-9,17H,6-7,10H2,1H3,(H,24,25). The Morgan fingerprint density at radius 1 is 1.15 bits per heavy atom. The Morgan fingerprint density at radius 2 is 1.88 bits per heavy atom. The average molecular weight is 361 g/mol. The zero-order valence-electron chi connectivity index (χ0n) is 14.0. The highest BCUT2D eigenvalue weighted by molar-refractivity contribution is 5.97. The molecular weight excluding hydrogens is 344 g/mol. The molecule has 7 heteroatoms. The zero-order chi connectivity index (χ0) is 18.8. The van der Waals surface area contributed by atoms with Crippen molar-refractivity contribution < 1.29 is 28.2 Å². The molecule has 0 saturated carbocycles. The largest absolute Gasteiger partial charge is 0.480 e. The van der Waals surface area contributed by atoms with Crippen LogP contribution >= 0.6 is 0 Å². The average Bonchev–Trinajstić information content (AvgIpc) is 2.61. The quantitative estimate of drug-likeness (QED) is 0.913. The van der Waals surface area contributed by atoms with Crippen molar-refractivity contribution >= 4 is 11.9 Å². The molecule has 26 heavy (non-hydrogen) atoms. The van der Waals surface area contributed by atoms with Crippen molar-refractivity contribution in [3.05, 3.63) is 59.2 Å². The maximum absolute atomic E-state index is 14.6. The van der Waals surface area contributed by atoms with E-state index in [9.17, 15) is 23.5 Å². The first-order valence-electron chi connectivity index (χ1n) is 8.06. The molecule has 0 bridgehead atoms. The molecule has 1 N–H and O–H groups in total. The number of halogens is 2. The van der Waals surface area contributed by atoms with Crippen LogP contribution in [0.3, 0.4) is 0 Å². The van der Waals surface area contributed by atoms with E-state index >= 15 is 0 Å². The number of ether oxygens (including phenoxy) is 1. The summed E-state index contributed by atoms with van der Waals surface area (Å²) in [4.78, 5) is 25.1. The van der Waals surface area contributed by atoms with Gasteiger partial charge >= 0.3 is 5.97 Å². The third-order valence-electron chi connectivity index (χ3n) is 4.37. The second kappa shape index (κ2) is 7.21. The van der Waals surface area contributed by atoms with Crippen molar-refractivity contribution in [3.8, 4) is 11.1 Å². The minimum absolute atomic E-state index is 0.0548. The van der Waals surface area contributed by atoms with E-state index in [1.807, 2.05) is 0 Å². The van der Waals surface area contributed by atoms with Crippen LogP contribution in [0, 0.1) is 18.6 Å². The molecule has 1 atom stereocenters. The smallest absolute Gasteiger partial charge is 0.328 e. The predicted molar refractivity (Wildman–Crippen MR) is 89.8 cm³/mol. The van der Waals surface area contributed by atoms with E-state index in [0.29, 0.717) is 11.1 Å². The molecule has 5 nitrogen and oxygen atoms in total. The lowest BCUT2D eigenvalue weighted by molar-refractivity contribution is -0.147.